The molecule has 0 bridgehead atoms. The predicted molar refractivity (Wildman–Crippen MR) is 81.3 cm³/mol. The van der Waals surface area contributed by atoms with Crippen LogP contribution in [0.5, 0.6) is 0 Å². The molecule has 1 aromatic carbocycles. The summed E-state index contributed by atoms with van der Waals surface area (Å²) in [5, 5.41) is 3.07. The number of piperidine rings is 1. The Bertz CT molecular complexity index is 413. The number of benzene rings is 1. The summed E-state index contributed by atoms with van der Waals surface area (Å²) in [5.41, 5.74) is 6.75. The second-order valence-electron chi connectivity index (χ2n) is 5.50. The zero-order valence-corrected chi connectivity index (χ0v) is 12.2. The first-order chi connectivity index (χ1) is 9.70. The summed E-state index contributed by atoms with van der Waals surface area (Å²) in [6.07, 6.45) is 2.47. The summed E-state index contributed by atoms with van der Waals surface area (Å²) in [4.78, 5) is 14.0. The van der Waals surface area contributed by atoms with Crippen molar-refractivity contribution in [1.82, 2.24) is 10.2 Å². The van der Waals surface area contributed by atoms with E-state index in [1.807, 2.05) is 0 Å². The van der Waals surface area contributed by atoms with Gasteiger partial charge in [0.2, 0.25) is 5.91 Å². The minimum atomic E-state index is 0.0852. The van der Waals surface area contributed by atoms with Gasteiger partial charge in [-0.15, -0.1) is 0 Å². The Hall–Kier alpha value is -1.39. The maximum atomic E-state index is 11.5. The fourth-order valence-electron chi connectivity index (χ4n) is 2.80. The first-order valence-corrected chi connectivity index (χ1v) is 7.49. The molecule has 0 radical (unpaired) electrons. The maximum absolute atomic E-state index is 11.5. The number of likely N-dealkylation sites (tertiary alicyclic amines) is 1. The van der Waals surface area contributed by atoms with Crippen LogP contribution in [0.4, 0.5) is 0 Å². The molecular weight excluding hydrogens is 250 g/mol. The lowest BCUT2D eigenvalue weighted by Gasteiger charge is -2.36. The number of nitrogens with zero attached hydrogens (tertiary/aromatic N) is 1. The van der Waals surface area contributed by atoms with Crippen LogP contribution in [0.25, 0.3) is 0 Å². The third-order valence-electron chi connectivity index (χ3n) is 4.10. The molecule has 4 nitrogen and oxygen atoms in total. The largest absolute Gasteiger partial charge is 0.353 e. The van der Waals surface area contributed by atoms with E-state index in [1.165, 1.54) is 5.56 Å². The van der Waals surface area contributed by atoms with E-state index >= 15 is 0 Å². The number of nitrogens with one attached hydrogen (secondary N) is 1. The average molecular weight is 275 g/mol. The quantitative estimate of drug-likeness (QED) is 0.859. The van der Waals surface area contributed by atoms with Crippen LogP contribution in [0.3, 0.4) is 0 Å². The summed E-state index contributed by atoms with van der Waals surface area (Å²) < 4.78 is 0. The van der Waals surface area contributed by atoms with Crippen molar-refractivity contribution < 1.29 is 4.79 Å². The molecule has 1 amide bonds. The van der Waals surface area contributed by atoms with Gasteiger partial charge in [-0.2, -0.15) is 0 Å². The number of amides is 1. The molecule has 3 N–H and O–H groups in total. The molecule has 110 valence electrons. The lowest BCUT2D eigenvalue weighted by atomic mass is 10.00. The van der Waals surface area contributed by atoms with Gasteiger partial charge in [0.15, 0.2) is 0 Å². The van der Waals surface area contributed by atoms with Crippen molar-refractivity contribution in [2.45, 2.75) is 38.3 Å². The zero-order chi connectivity index (χ0) is 14.4. The molecule has 1 heterocycles. The maximum Gasteiger partial charge on any atom is 0.221 e. The molecule has 20 heavy (non-hydrogen) atoms. The summed E-state index contributed by atoms with van der Waals surface area (Å²) in [6.45, 7) is 4.74. The number of carbonyl (C=O) groups is 1. The monoisotopic (exact) mass is 275 g/mol. The van der Waals surface area contributed by atoms with Crippen molar-refractivity contribution in [1.29, 1.82) is 0 Å². The first-order valence-electron chi connectivity index (χ1n) is 7.49. The molecule has 0 spiro atoms. The molecule has 0 aliphatic carbocycles. The van der Waals surface area contributed by atoms with Crippen molar-refractivity contribution in [2.24, 2.45) is 5.73 Å². The van der Waals surface area contributed by atoms with Crippen LogP contribution in [-0.2, 0) is 4.79 Å². The van der Waals surface area contributed by atoms with Crippen LogP contribution < -0.4 is 11.1 Å². The normalized spacial score (nSPS) is 18.7. The van der Waals surface area contributed by atoms with Gasteiger partial charge in [-0.25, -0.2) is 0 Å². The van der Waals surface area contributed by atoms with Crippen molar-refractivity contribution in [3.63, 3.8) is 0 Å². The molecule has 1 aromatic rings. The van der Waals surface area contributed by atoms with Gasteiger partial charge in [0, 0.05) is 38.1 Å². The first kappa shape index (κ1) is 15.0. The van der Waals surface area contributed by atoms with E-state index < -0.39 is 0 Å². The Kier molecular flexibility index (Phi) is 5.56. The van der Waals surface area contributed by atoms with Gasteiger partial charge < -0.3 is 11.1 Å². The van der Waals surface area contributed by atoms with Gasteiger partial charge in [0.05, 0.1) is 0 Å². The highest BCUT2D eigenvalue weighted by Gasteiger charge is 2.24. The van der Waals surface area contributed by atoms with Crippen molar-refractivity contribution in [3.8, 4) is 0 Å². The Balaban J connectivity index is 1.81. The van der Waals surface area contributed by atoms with Gasteiger partial charge >= 0.3 is 0 Å². The molecule has 1 atom stereocenters. The van der Waals surface area contributed by atoms with Gasteiger partial charge in [-0.1, -0.05) is 30.3 Å². The van der Waals surface area contributed by atoms with Crippen LogP contribution in [0.2, 0.25) is 0 Å². The Labute approximate surface area is 121 Å². The molecule has 4 heteroatoms. The van der Waals surface area contributed by atoms with E-state index in [1.54, 1.807) is 0 Å². The topological polar surface area (TPSA) is 58.4 Å². The number of rotatable bonds is 5. The van der Waals surface area contributed by atoms with E-state index in [9.17, 15) is 4.79 Å². The third kappa shape index (κ3) is 4.05. The van der Waals surface area contributed by atoms with E-state index in [0.29, 0.717) is 25.0 Å². The van der Waals surface area contributed by atoms with Crippen molar-refractivity contribution in [3.05, 3.63) is 35.9 Å². The highest BCUT2D eigenvalue weighted by atomic mass is 16.1. The molecule has 1 saturated heterocycles. The number of hydrogen-bond acceptors (Lipinski definition) is 3. The smallest absolute Gasteiger partial charge is 0.221 e. The highest BCUT2D eigenvalue weighted by Crippen LogP contribution is 2.23. The summed E-state index contributed by atoms with van der Waals surface area (Å²) in [6, 6.07) is 11.3. The van der Waals surface area contributed by atoms with Gasteiger partial charge in [-0.3, -0.25) is 9.69 Å². The Morgan fingerprint density at radius 1 is 1.35 bits per heavy atom. The second-order valence-corrected chi connectivity index (χ2v) is 5.50. The number of nitrogens with two attached hydrogens (primary N) is 1. The molecule has 0 saturated carbocycles. The molecular formula is C16H25N3O. The van der Waals surface area contributed by atoms with Gasteiger partial charge in [-0.05, 0) is 25.3 Å². The molecule has 2 rings (SSSR count). The van der Waals surface area contributed by atoms with Crippen LogP contribution >= 0.6 is 0 Å². The average Bonchev–Trinajstić information content (AvgIpc) is 2.48. The molecule has 1 unspecified atom stereocenters. The second kappa shape index (κ2) is 7.41. The fraction of sp³-hybridized carbons (Fsp3) is 0.562. The summed E-state index contributed by atoms with van der Waals surface area (Å²) >= 11 is 0. The summed E-state index contributed by atoms with van der Waals surface area (Å²) in [5.74, 6) is 0.0852. The zero-order valence-electron chi connectivity index (χ0n) is 12.2. The standard InChI is InChI=1S/C16H25N3O/c1-13(14-5-3-2-4-6-14)19-11-8-15(9-12-19)18-16(20)7-10-17/h2-6,13,15H,7-12,17H2,1H3,(H,18,20). The van der Waals surface area contributed by atoms with E-state index in [0.717, 1.165) is 25.9 Å². The summed E-state index contributed by atoms with van der Waals surface area (Å²) in [7, 11) is 0. The number of hydrogen-bond donors (Lipinski definition) is 2. The highest BCUT2D eigenvalue weighted by molar-refractivity contribution is 5.76. The minimum Gasteiger partial charge on any atom is -0.353 e. The lowest BCUT2D eigenvalue weighted by Crippen LogP contribution is -2.45. The fourth-order valence-corrected chi connectivity index (χ4v) is 2.80. The van der Waals surface area contributed by atoms with Crippen LogP contribution in [0, 0.1) is 0 Å². The van der Waals surface area contributed by atoms with E-state index in [4.69, 9.17) is 5.73 Å². The predicted octanol–water partition coefficient (Wildman–Crippen LogP) is 1.68. The lowest BCUT2D eigenvalue weighted by molar-refractivity contribution is -0.121. The Morgan fingerprint density at radius 2 is 2.00 bits per heavy atom. The molecule has 1 fully saturated rings. The van der Waals surface area contributed by atoms with Crippen LogP contribution in [-0.4, -0.2) is 36.5 Å². The molecule has 0 aromatic heterocycles. The molecule has 1 aliphatic rings. The van der Waals surface area contributed by atoms with Crippen LogP contribution in [0.1, 0.15) is 37.8 Å². The van der Waals surface area contributed by atoms with E-state index in [2.05, 4.69) is 47.5 Å². The van der Waals surface area contributed by atoms with Crippen molar-refractivity contribution in [2.75, 3.05) is 19.6 Å². The van der Waals surface area contributed by atoms with Gasteiger partial charge in [0.25, 0.3) is 0 Å². The van der Waals surface area contributed by atoms with Crippen molar-refractivity contribution >= 4 is 5.91 Å². The van der Waals surface area contributed by atoms with Gasteiger partial charge in [0.1, 0.15) is 0 Å². The third-order valence-corrected chi connectivity index (χ3v) is 4.10. The minimum absolute atomic E-state index is 0.0852. The Morgan fingerprint density at radius 3 is 2.60 bits per heavy atom. The van der Waals surface area contributed by atoms with E-state index in [-0.39, 0.29) is 5.91 Å². The van der Waals surface area contributed by atoms with Crippen LogP contribution in [0.15, 0.2) is 30.3 Å². The molecule has 1 aliphatic heterocycles. The number of carbonyl (C=O) groups excluding carboxylic acids is 1. The SMILES string of the molecule is CC(c1ccccc1)N1CCC(NC(=O)CCN)CC1.